The van der Waals surface area contributed by atoms with Crippen LogP contribution in [0.1, 0.15) is 21.6 Å². The van der Waals surface area contributed by atoms with Crippen molar-refractivity contribution in [3.05, 3.63) is 71.5 Å². The van der Waals surface area contributed by atoms with Gasteiger partial charge in [0, 0.05) is 31.1 Å². The van der Waals surface area contributed by atoms with Gasteiger partial charge in [0.2, 0.25) is 5.95 Å². The number of benzene rings is 2. The minimum absolute atomic E-state index is 0.0437. The molecular formula is C22H15F6N5O2. The number of aromatic nitrogens is 3. The molecule has 0 atom stereocenters. The number of anilines is 2. The fourth-order valence-corrected chi connectivity index (χ4v) is 3.14. The first kappa shape index (κ1) is 23.9. The van der Waals surface area contributed by atoms with Crippen molar-refractivity contribution in [2.24, 2.45) is 0 Å². The monoisotopic (exact) mass is 495 g/mol. The Bertz CT molecular complexity index is 1370. The number of nitrogens with one attached hydrogen (secondary N) is 3. The smallest absolute Gasteiger partial charge is 0.416 e. The van der Waals surface area contributed by atoms with Crippen LogP contribution in [0.2, 0.25) is 0 Å². The summed E-state index contributed by atoms with van der Waals surface area (Å²) in [6.45, 7) is 0. The number of amides is 1. The highest BCUT2D eigenvalue weighted by Gasteiger charge is 2.37. The molecule has 0 spiro atoms. The molecule has 7 nitrogen and oxygen atoms in total. The van der Waals surface area contributed by atoms with Gasteiger partial charge in [-0.2, -0.15) is 26.3 Å². The lowest BCUT2D eigenvalue weighted by Crippen LogP contribution is -2.18. The number of pyridine rings is 1. The Kier molecular flexibility index (Phi) is 6.01. The van der Waals surface area contributed by atoms with Gasteiger partial charge < -0.3 is 20.4 Å². The quantitative estimate of drug-likeness (QED) is 0.300. The Balaban J connectivity index is 1.60. The Labute approximate surface area is 193 Å². The molecule has 182 valence electrons. The summed E-state index contributed by atoms with van der Waals surface area (Å²) in [4.78, 5) is 22.6. The molecule has 0 saturated heterocycles. The molecule has 2 aromatic heterocycles. The van der Waals surface area contributed by atoms with Crippen LogP contribution in [0.5, 0.6) is 11.5 Å². The van der Waals surface area contributed by atoms with Crippen LogP contribution in [-0.4, -0.2) is 27.9 Å². The summed E-state index contributed by atoms with van der Waals surface area (Å²) in [5, 5.41) is 4.89. The van der Waals surface area contributed by atoms with E-state index in [4.69, 9.17) is 4.74 Å². The summed E-state index contributed by atoms with van der Waals surface area (Å²) < 4.78 is 84.3. The molecule has 1 amide bonds. The van der Waals surface area contributed by atoms with Crippen LogP contribution < -0.4 is 15.4 Å². The van der Waals surface area contributed by atoms with E-state index < -0.39 is 35.1 Å². The molecule has 0 aliphatic rings. The molecule has 0 fully saturated rings. The van der Waals surface area contributed by atoms with Crippen molar-refractivity contribution in [3.63, 3.8) is 0 Å². The molecule has 4 rings (SSSR count). The lowest BCUT2D eigenvalue weighted by molar-refractivity contribution is -0.143. The maximum atomic E-state index is 13.1. The number of rotatable bonds is 5. The molecule has 35 heavy (non-hydrogen) atoms. The first-order valence-corrected chi connectivity index (χ1v) is 9.84. The van der Waals surface area contributed by atoms with Crippen molar-refractivity contribution in [1.82, 2.24) is 20.3 Å². The largest absolute Gasteiger partial charge is 0.457 e. The zero-order chi connectivity index (χ0) is 25.4. The molecule has 0 bridgehead atoms. The van der Waals surface area contributed by atoms with Crippen molar-refractivity contribution >= 4 is 28.6 Å². The van der Waals surface area contributed by atoms with Gasteiger partial charge >= 0.3 is 12.4 Å². The number of nitrogens with zero attached hydrogens (tertiary/aromatic N) is 2. The highest BCUT2D eigenvalue weighted by atomic mass is 19.4. The van der Waals surface area contributed by atoms with Crippen LogP contribution in [0, 0.1) is 0 Å². The summed E-state index contributed by atoms with van der Waals surface area (Å²) in [7, 11) is 1.46. The SMILES string of the molecule is CNC(=O)c1cc(Oc2ccc3[nH]c(Nc4cc(C(F)(F)F)cc(C(F)(F)F)c4)nc3c2)ccn1. The highest BCUT2D eigenvalue weighted by molar-refractivity contribution is 5.92. The predicted octanol–water partition coefficient (Wildman–Crippen LogP) is 5.89. The van der Waals surface area contributed by atoms with E-state index in [1.54, 1.807) is 12.1 Å². The van der Waals surface area contributed by atoms with Crippen LogP contribution in [0.3, 0.4) is 0 Å². The topological polar surface area (TPSA) is 91.9 Å². The summed E-state index contributed by atoms with van der Waals surface area (Å²) in [6.07, 6.45) is -8.55. The molecule has 2 aromatic carbocycles. The third-order valence-corrected chi connectivity index (χ3v) is 4.73. The number of hydrogen-bond acceptors (Lipinski definition) is 5. The highest BCUT2D eigenvalue weighted by Crippen LogP contribution is 2.38. The first-order chi connectivity index (χ1) is 16.4. The molecule has 0 aliphatic heterocycles. The Morgan fingerprint density at radius 2 is 1.57 bits per heavy atom. The van der Waals surface area contributed by atoms with Gasteiger partial charge in [0.05, 0.1) is 22.2 Å². The third-order valence-electron chi connectivity index (χ3n) is 4.73. The van der Waals surface area contributed by atoms with Gasteiger partial charge in [0.25, 0.3) is 5.91 Å². The second-order valence-electron chi connectivity index (χ2n) is 7.24. The van der Waals surface area contributed by atoms with Gasteiger partial charge in [-0.1, -0.05) is 0 Å². The van der Waals surface area contributed by atoms with Gasteiger partial charge in [0.1, 0.15) is 17.2 Å². The number of alkyl halides is 6. The van der Waals surface area contributed by atoms with Crippen molar-refractivity contribution in [3.8, 4) is 11.5 Å². The fourth-order valence-electron chi connectivity index (χ4n) is 3.14. The molecule has 0 saturated carbocycles. The van der Waals surface area contributed by atoms with Crippen molar-refractivity contribution < 1.29 is 35.9 Å². The number of ether oxygens (including phenoxy) is 1. The minimum Gasteiger partial charge on any atom is -0.457 e. The predicted molar refractivity (Wildman–Crippen MR) is 114 cm³/mol. The van der Waals surface area contributed by atoms with Crippen LogP contribution in [0.25, 0.3) is 11.0 Å². The van der Waals surface area contributed by atoms with E-state index in [0.29, 0.717) is 34.7 Å². The van der Waals surface area contributed by atoms with Crippen LogP contribution in [0.4, 0.5) is 38.0 Å². The standard InChI is InChI=1S/C22H15F6N5O2/c1-29-19(34)18-10-15(4-5-30-18)35-14-2-3-16-17(9-14)33-20(32-16)31-13-7-11(21(23,24)25)6-12(8-13)22(26,27)28/h2-10H,1H3,(H,29,34)(H2,31,32,33). The second kappa shape index (κ2) is 8.81. The van der Waals surface area contributed by atoms with Crippen LogP contribution in [0.15, 0.2) is 54.7 Å². The summed E-state index contributed by atoms with van der Waals surface area (Å²) in [6, 6.07) is 8.75. The van der Waals surface area contributed by atoms with Gasteiger partial charge in [-0.05, 0) is 36.4 Å². The molecule has 13 heteroatoms. The van der Waals surface area contributed by atoms with Crippen LogP contribution in [-0.2, 0) is 12.4 Å². The first-order valence-electron chi connectivity index (χ1n) is 9.84. The molecule has 0 radical (unpaired) electrons. The van der Waals surface area contributed by atoms with E-state index in [-0.39, 0.29) is 17.7 Å². The number of halogens is 6. The van der Waals surface area contributed by atoms with Gasteiger partial charge in [-0.25, -0.2) is 4.98 Å². The number of imidazole rings is 1. The lowest BCUT2D eigenvalue weighted by atomic mass is 10.1. The Morgan fingerprint density at radius 3 is 2.20 bits per heavy atom. The van der Waals surface area contributed by atoms with E-state index in [1.165, 1.54) is 31.4 Å². The molecule has 0 unspecified atom stereocenters. The van der Waals surface area contributed by atoms with Crippen molar-refractivity contribution in [1.29, 1.82) is 0 Å². The summed E-state index contributed by atoms with van der Waals surface area (Å²) in [5.41, 5.74) is -2.43. The third kappa shape index (κ3) is 5.45. The van der Waals surface area contributed by atoms with Gasteiger partial charge in [-0.3, -0.25) is 9.78 Å². The molecule has 2 heterocycles. The van der Waals surface area contributed by atoms with Crippen molar-refractivity contribution in [2.75, 3.05) is 12.4 Å². The number of aromatic amines is 1. The fraction of sp³-hybridized carbons (Fsp3) is 0.136. The number of H-pyrrole nitrogens is 1. The van der Waals surface area contributed by atoms with Crippen molar-refractivity contribution in [2.45, 2.75) is 12.4 Å². The maximum absolute atomic E-state index is 13.1. The van der Waals surface area contributed by atoms with E-state index in [2.05, 4.69) is 25.6 Å². The number of fused-ring (bicyclic) bond motifs is 1. The zero-order valence-corrected chi connectivity index (χ0v) is 17.7. The van der Waals surface area contributed by atoms with Gasteiger partial charge in [0.15, 0.2) is 0 Å². The average molecular weight is 495 g/mol. The number of hydrogen-bond donors (Lipinski definition) is 3. The normalized spacial score (nSPS) is 12.0. The average Bonchev–Trinajstić information content (AvgIpc) is 3.18. The minimum atomic E-state index is -4.97. The van der Waals surface area contributed by atoms with E-state index in [0.717, 1.165) is 0 Å². The Morgan fingerprint density at radius 1 is 0.914 bits per heavy atom. The van der Waals surface area contributed by atoms with E-state index in [9.17, 15) is 31.1 Å². The van der Waals surface area contributed by atoms with E-state index >= 15 is 0 Å². The summed E-state index contributed by atoms with van der Waals surface area (Å²) >= 11 is 0. The number of carbonyl (C=O) groups excluding carboxylic acids is 1. The summed E-state index contributed by atoms with van der Waals surface area (Å²) in [5.74, 6) is 0.158. The maximum Gasteiger partial charge on any atom is 0.416 e. The zero-order valence-electron chi connectivity index (χ0n) is 17.7. The van der Waals surface area contributed by atoms with Gasteiger partial charge in [-0.15, -0.1) is 0 Å². The van der Waals surface area contributed by atoms with Crippen LogP contribution >= 0.6 is 0 Å². The molecule has 3 N–H and O–H groups in total. The second-order valence-corrected chi connectivity index (χ2v) is 7.24. The molecule has 4 aromatic rings. The molecule has 0 aliphatic carbocycles. The van der Waals surface area contributed by atoms with E-state index in [1.807, 2.05) is 0 Å². The lowest BCUT2D eigenvalue weighted by Gasteiger charge is -2.14. The number of carbonyl (C=O) groups is 1. The Hall–Kier alpha value is -4.29. The molecular weight excluding hydrogens is 480 g/mol.